The minimum absolute atomic E-state index is 0.0213. The molecule has 18 heavy (non-hydrogen) atoms. The summed E-state index contributed by atoms with van der Waals surface area (Å²) in [6, 6.07) is 2.94. The number of nitro benzene ring substituents is 1. The van der Waals surface area contributed by atoms with Crippen molar-refractivity contribution < 1.29 is 19.2 Å². The fourth-order valence-electron chi connectivity index (χ4n) is 1.98. The number of rotatable bonds is 4. The molecule has 0 radical (unpaired) electrons. The summed E-state index contributed by atoms with van der Waals surface area (Å²) >= 11 is 0. The fourth-order valence-corrected chi connectivity index (χ4v) is 1.98. The SMILES string of the molecule is CCCCc1ccc2c(c1[N+](=O)[O-])C(=O)OC2=O. The van der Waals surface area contributed by atoms with Crippen molar-refractivity contribution in [2.24, 2.45) is 0 Å². The maximum absolute atomic E-state index is 11.5. The van der Waals surface area contributed by atoms with Crippen LogP contribution in [0.2, 0.25) is 0 Å². The number of hydrogen-bond donors (Lipinski definition) is 0. The van der Waals surface area contributed by atoms with Crippen molar-refractivity contribution in [2.75, 3.05) is 0 Å². The minimum Gasteiger partial charge on any atom is -0.385 e. The Morgan fingerprint density at radius 3 is 2.61 bits per heavy atom. The molecule has 0 spiro atoms. The molecule has 0 saturated heterocycles. The van der Waals surface area contributed by atoms with E-state index in [0.717, 1.165) is 12.8 Å². The summed E-state index contributed by atoms with van der Waals surface area (Å²) in [5.74, 6) is -1.75. The molecule has 0 unspecified atom stereocenters. The second kappa shape index (κ2) is 4.56. The number of unbranched alkanes of at least 4 members (excludes halogenated alkanes) is 1. The van der Waals surface area contributed by atoms with Gasteiger partial charge in [-0.3, -0.25) is 10.1 Å². The monoisotopic (exact) mass is 249 g/mol. The van der Waals surface area contributed by atoms with Crippen LogP contribution < -0.4 is 0 Å². The predicted octanol–water partition coefficient (Wildman–Crippen LogP) is 2.25. The fraction of sp³-hybridized carbons (Fsp3) is 0.333. The Morgan fingerprint density at radius 2 is 2.00 bits per heavy atom. The van der Waals surface area contributed by atoms with Gasteiger partial charge >= 0.3 is 11.9 Å². The van der Waals surface area contributed by atoms with Crippen LogP contribution in [0.5, 0.6) is 0 Å². The third-order valence-electron chi connectivity index (χ3n) is 2.85. The highest BCUT2D eigenvalue weighted by Crippen LogP contribution is 2.33. The Balaban J connectivity index is 2.59. The Hall–Kier alpha value is -2.24. The lowest BCUT2D eigenvalue weighted by Crippen LogP contribution is -2.04. The molecule has 0 bridgehead atoms. The van der Waals surface area contributed by atoms with E-state index in [9.17, 15) is 19.7 Å². The number of ether oxygens (including phenoxy) is 1. The van der Waals surface area contributed by atoms with Crippen molar-refractivity contribution in [1.29, 1.82) is 0 Å². The second-order valence-electron chi connectivity index (χ2n) is 4.03. The van der Waals surface area contributed by atoms with Gasteiger partial charge in [0.05, 0.1) is 10.5 Å². The molecule has 1 aliphatic heterocycles. The molecule has 6 nitrogen and oxygen atoms in total. The van der Waals surface area contributed by atoms with E-state index in [1.807, 2.05) is 6.92 Å². The van der Waals surface area contributed by atoms with E-state index >= 15 is 0 Å². The normalized spacial score (nSPS) is 13.4. The number of cyclic esters (lactones) is 2. The van der Waals surface area contributed by atoms with Gasteiger partial charge in [0.15, 0.2) is 5.56 Å². The van der Waals surface area contributed by atoms with Gasteiger partial charge in [0.1, 0.15) is 0 Å². The summed E-state index contributed by atoms with van der Waals surface area (Å²) in [5, 5.41) is 11.1. The number of hydrogen-bond acceptors (Lipinski definition) is 5. The molecular formula is C12H11NO5. The van der Waals surface area contributed by atoms with Crippen LogP contribution in [0, 0.1) is 10.1 Å². The second-order valence-corrected chi connectivity index (χ2v) is 4.03. The highest BCUT2D eigenvalue weighted by atomic mass is 16.6. The average molecular weight is 249 g/mol. The van der Waals surface area contributed by atoms with Gasteiger partial charge in [0, 0.05) is 5.56 Å². The van der Waals surface area contributed by atoms with E-state index in [2.05, 4.69) is 4.74 Å². The first-order valence-electron chi connectivity index (χ1n) is 5.63. The Morgan fingerprint density at radius 1 is 1.28 bits per heavy atom. The van der Waals surface area contributed by atoms with Gasteiger partial charge in [-0.25, -0.2) is 9.59 Å². The van der Waals surface area contributed by atoms with Gasteiger partial charge in [-0.15, -0.1) is 0 Å². The van der Waals surface area contributed by atoms with E-state index in [4.69, 9.17) is 0 Å². The lowest BCUT2D eigenvalue weighted by Gasteiger charge is -2.04. The summed E-state index contributed by atoms with van der Waals surface area (Å²) in [6.45, 7) is 1.97. The molecule has 0 N–H and O–H groups in total. The van der Waals surface area contributed by atoms with Crippen molar-refractivity contribution in [2.45, 2.75) is 26.2 Å². The molecule has 0 atom stereocenters. The molecule has 0 fully saturated rings. The Bertz CT molecular complexity index is 550. The molecular weight excluding hydrogens is 238 g/mol. The summed E-state index contributed by atoms with van der Waals surface area (Å²) < 4.78 is 4.40. The number of carbonyl (C=O) groups is 2. The number of nitrogens with zero attached hydrogens (tertiary/aromatic N) is 1. The van der Waals surface area contributed by atoms with Gasteiger partial charge < -0.3 is 4.74 Å². The van der Waals surface area contributed by atoms with Crippen molar-refractivity contribution in [3.8, 4) is 0 Å². The number of nitro groups is 1. The van der Waals surface area contributed by atoms with E-state index in [1.165, 1.54) is 12.1 Å². The van der Waals surface area contributed by atoms with Gasteiger partial charge in [0.25, 0.3) is 5.69 Å². The maximum atomic E-state index is 11.5. The van der Waals surface area contributed by atoms with E-state index in [1.54, 1.807) is 0 Å². The van der Waals surface area contributed by atoms with Crippen LogP contribution in [0.25, 0.3) is 0 Å². The number of esters is 2. The first kappa shape index (κ1) is 12.2. The van der Waals surface area contributed by atoms with Crippen molar-refractivity contribution in [3.63, 3.8) is 0 Å². The molecule has 0 saturated carbocycles. The topological polar surface area (TPSA) is 86.5 Å². The molecule has 0 aliphatic carbocycles. The molecule has 94 valence electrons. The van der Waals surface area contributed by atoms with Gasteiger partial charge in [-0.1, -0.05) is 19.4 Å². The molecule has 1 aromatic carbocycles. The predicted molar refractivity (Wildman–Crippen MR) is 61.5 cm³/mol. The zero-order valence-electron chi connectivity index (χ0n) is 9.76. The van der Waals surface area contributed by atoms with Crippen LogP contribution in [0.1, 0.15) is 46.0 Å². The average Bonchev–Trinajstić information content (AvgIpc) is 2.61. The van der Waals surface area contributed by atoms with Crippen LogP contribution in [0.3, 0.4) is 0 Å². The molecule has 6 heteroatoms. The molecule has 0 amide bonds. The number of benzene rings is 1. The number of aryl methyl sites for hydroxylation is 1. The zero-order valence-corrected chi connectivity index (χ0v) is 9.76. The van der Waals surface area contributed by atoms with Crippen LogP contribution in [-0.2, 0) is 11.2 Å². The van der Waals surface area contributed by atoms with Crippen molar-refractivity contribution in [3.05, 3.63) is 38.9 Å². The first-order valence-corrected chi connectivity index (χ1v) is 5.63. The smallest absolute Gasteiger partial charge is 0.353 e. The largest absolute Gasteiger partial charge is 0.385 e. The van der Waals surface area contributed by atoms with E-state index in [0.29, 0.717) is 12.0 Å². The van der Waals surface area contributed by atoms with Crippen LogP contribution in [-0.4, -0.2) is 16.9 Å². The van der Waals surface area contributed by atoms with Crippen LogP contribution in [0.15, 0.2) is 12.1 Å². The highest BCUT2D eigenvalue weighted by molar-refractivity contribution is 6.17. The van der Waals surface area contributed by atoms with Crippen LogP contribution >= 0.6 is 0 Å². The van der Waals surface area contributed by atoms with Gasteiger partial charge in [-0.2, -0.15) is 0 Å². The van der Waals surface area contributed by atoms with Crippen molar-refractivity contribution >= 4 is 17.6 Å². The quantitative estimate of drug-likeness (QED) is 0.353. The molecule has 1 aliphatic rings. The number of fused-ring (bicyclic) bond motifs is 1. The van der Waals surface area contributed by atoms with Crippen LogP contribution in [0.4, 0.5) is 5.69 Å². The molecule has 1 heterocycles. The summed E-state index contributed by atoms with van der Waals surface area (Å²) in [5.41, 5.74) is -0.0606. The first-order chi connectivity index (χ1) is 8.56. The van der Waals surface area contributed by atoms with E-state index < -0.39 is 16.9 Å². The lowest BCUT2D eigenvalue weighted by molar-refractivity contribution is -0.385. The molecule has 0 aromatic heterocycles. The number of carbonyl (C=O) groups excluding carboxylic acids is 2. The zero-order chi connectivity index (χ0) is 13.3. The van der Waals surface area contributed by atoms with E-state index in [-0.39, 0.29) is 16.8 Å². The molecule has 1 aromatic rings. The molecule has 2 rings (SSSR count). The van der Waals surface area contributed by atoms with Gasteiger partial charge in [0.2, 0.25) is 0 Å². The minimum atomic E-state index is -0.931. The Kier molecular flexibility index (Phi) is 3.10. The summed E-state index contributed by atoms with van der Waals surface area (Å²) in [4.78, 5) is 33.3. The standard InChI is InChI=1S/C12H11NO5/c1-2-3-4-7-5-6-8-9(10(7)13(16)17)12(15)18-11(8)14/h5-6H,2-4H2,1H3. The third kappa shape index (κ3) is 1.85. The summed E-state index contributed by atoms with van der Waals surface area (Å²) in [7, 11) is 0. The van der Waals surface area contributed by atoms with Crippen molar-refractivity contribution in [1.82, 2.24) is 0 Å². The Labute approximate surface area is 103 Å². The lowest BCUT2D eigenvalue weighted by atomic mass is 9.99. The van der Waals surface area contributed by atoms with Gasteiger partial charge in [-0.05, 0) is 18.9 Å². The maximum Gasteiger partial charge on any atom is 0.353 e. The summed E-state index contributed by atoms with van der Waals surface area (Å²) in [6.07, 6.45) is 2.17. The third-order valence-corrected chi connectivity index (χ3v) is 2.85. The highest BCUT2D eigenvalue weighted by Gasteiger charge is 2.38.